The van der Waals surface area contributed by atoms with Crippen LogP contribution in [-0.4, -0.2) is 12.5 Å². The van der Waals surface area contributed by atoms with Crippen molar-refractivity contribution < 1.29 is 14.3 Å². The first-order chi connectivity index (χ1) is 10.0. The molecular formula is C15H13ClN2O3. The Kier molecular flexibility index (Phi) is 3.35. The van der Waals surface area contributed by atoms with Crippen molar-refractivity contribution in [3.8, 4) is 17.2 Å². The molecule has 3 N–H and O–H groups in total. The molecule has 0 spiro atoms. The molecule has 3 rings (SSSR count). The van der Waals surface area contributed by atoms with Crippen molar-refractivity contribution >= 4 is 28.9 Å². The Labute approximate surface area is 126 Å². The van der Waals surface area contributed by atoms with Crippen molar-refractivity contribution in [1.82, 2.24) is 0 Å². The number of hydrogen-bond donors (Lipinski definition) is 2. The molecule has 0 aliphatic carbocycles. The van der Waals surface area contributed by atoms with Gasteiger partial charge in [-0.3, -0.25) is 4.79 Å². The molecule has 0 unspecified atom stereocenters. The molecule has 0 saturated heterocycles. The van der Waals surface area contributed by atoms with E-state index in [2.05, 4.69) is 5.32 Å². The van der Waals surface area contributed by atoms with Crippen LogP contribution in [0.2, 0.25) is 5.02 Å². The maximum atomic E-state index is 11.4. The summed E-state index contributed by atoms with van der Waals surface area (Å²) in [5.41, 5.74) is 7.85. The van der Waals surface area contributed by atoms with Gasteiger partial charge in [0.15, 0.2) is 12.4 Å². The molecule has 1 heterocycles. The largest absolute Gasteiger partial charge is 0.481 e. The maximum Gasteiger partial charge on any atom is 0.262 e. The Morgan fingerprint density at radius 2 is 2.10 bits per heavy atom. The van der Waals surface area contributed by atoms with Crippen LogP contribution in [0, 0.1) is 6.92 Å². The number of anilines is 2. The van der Waals surface area contributed by atoms with Crippen molar-refractivity contribution in [2.24, 2.45) is 0 Å². The van der Waals surface area contributed by atoms with E-state index in [9.17, 15) is 4.79 Å². The van der Waals surface area contributed by atoms with Crippen molar-refractivity contribution in [2.45, 2.75) is 6.92 Å². The Morgan fingerprint density at radius 3 is 2.90 bits per heavy atom. The van der Waals surface area contributed by atoms with Gasteiger partial charge in [0.2, 0.25) is 0 Å². The van der Waals surface area contributed by atoms with E-state index in [0.29, 0.717) is 33.6 Å². The third-order valence-corrected chi connectivity index (χ3v) is 3.35. The van der Waals surface area contributed by atoms with Crippen LogP contribution in [0.25, 0.3) is 0 Å². The zero-order chi connectivity index (χ0) is 15.0. The van der Waals surface area contributed by atoms with E-state index < -0.39 is 0 Å². The van der Waals surface area contributed by atoms with E-state index >= 15 is 0 Å². The van der Waals surface area contributed by atoms with Crippen LogP contribution in [-0.2, 0) is 4.79 Å². The van der Waals surface area contributed by atoms with Crippen molar-refractivity contribution in [3.63, 3.8) is 0 Å². The maximum absolute atomic E-state index is 11.4. The number of nitrogens with one attached hydrogen (secondary N) is 1. The average molecular weight is 305 g/mol. The second kappa shape index (κ2) is 5.18. The molecule has 0 aromatic heterocycles. The number of fused-ring (bicyclic) bond motifs is 1. The molecule has 2 aromatic carbocycles. The van der Waals surface area contributed by atoms with Gasteiger partial charge in [-0.25, -0.2) is 0 Å². The van der Waals surface area contributed by atoms with Gasteiger partial charge in [-0.15, -0.1) is 0 Å². The van der Waals surface area contributed by atoms with Crippen LogP contribution in [0.5, 0.6) is 17.2 Å². The van der Waals surface area contributed by atoms with Gasteiger partial charge in [-0.1, -0.05) is 17.7 Å². The molecule has 1 amide bonds. The highest BCUT2D eigenvalue weighted by atomic mass is 35.5. The first-order valence-corrected chi connectivity index (χ1v) is 6.71. The first-order valence-electron chi connectivity index (χ1n) is 6.33. The van der Waals surface area contributed by atoms with Gasteiger partial charge in [0.1, 0.15) is 11.5 Å². The molecule has 0 saturated carbocycles. The Morgan fingerprint density at radius 1 is 1.29 bits per heavy atom. The van der Waals surface area contributed by atoms with E-state index in [1.54, 1.807) is 24.3 Å². The lowest BCUT2D eigenvalue weighted by Crippen LogP contribution is -2.25. The quantitative estimate of drug-likeness (QED) is 0.834. The van der Waals surface area contributed by atoms with Gasteiger partial charge < -0.3 is 20.5 Å². The number of nitrogens with two attached hydrogens (primary N) is 1. The number of benzene rings is 2. The molecule has 108 valence electrons. The lowest BCUT2D eigenvalue weighted by molar-refractivity contribution is -0.118. The summed E-state index contributed by atoms with van der Waals surface area (Å²) < 4.78 is 11.1. The number of nitrogen functional groups attached to an aromatic ring is 1. The second-order valence-corrected chi connectivity index (χ2v) is 5.17. The number of ether oxygens (including phenoxy) is 2. The van der Waals surface area contributed by atoms with Crippen LogP contribution in [0.3, 0.4) is 0 Å². The molecule has 2 aromatic rings. The highest BCUT2D eigenvalue weighted by Crippen LogP contribution is 2.39. The molecule has 1 aliphatic rings. The Balaban J connectivity index is 1.97. The zero-order valence-corrected chi connectivity index (χ0v) is 12.0. The van der Waals surface area contributed by atoms with E-state index in [1.807, 2.05) is 13.0 Å². The summed E-state index contributed by atoms with van der Waals surface area (Å²) in [6.07, 6.45) is 0. The predicted octanol–water partition coefficient (Wildman–Crippen LogP) is 3.35. The third kappa shape index (κ3) is 2.73. The molecule has 21 heavy (non-hydrogen) atoms. The lowest BCUT2D eigenvalue weighted by atomic mass is 10.2. The number of carbonyl (C=O) groups is 1. The predicted molar refractivity (Wildman–Crippen MR) is 81.2 cm³/mol. The summed E-state index contributed by atoms with van der Waals surface area (Å²) in [5.74, 6) is 1.36. The standard InChI is InChI=1S/C15H13ClN2O3/c1-8-2-3-9(16)4-12(8)21-13-6-11-14(5-10(13)17)20-7-15(19)18-11/h2-6H,7,17H2,1H3,(H,18,19). The number of hydrogen-bond acceptors (Lipinski definition) is 4. The lowest BCUT2D eigenvalue weighted by Gasteiger charge is -2.20. The highest BCUT2D eigenvalue weighted by Gasteiger charge is 2.19. The molecule has 0 fully saturated rings. The van der Waals surface area contributed by atoms with Crippen molar-refractivity contribution in [2.75, 3.05) is 17.7 Å². The molecule has 0 bridgehead atoms. The molecule has 6 heteroatoms. The summed E-state index contributed by atoms with van der Waals surface area (Å²) in [6.45, 7) is 1.89. The number of rotatable bonds is 2. The fraction of sp³-hybridized carbons (Fsp3) is 0.133. The SMILES string of the molecule is Cc1ccc(Cl)cc1Oc1cc2c(cc1N)OCC(=O)N2. The van der Waals surface area contributed by atoms with Gasteiger partial charge in [-0.05, 0) is 24.6 Å². The zero-order valence-electron chi connectivity index (χ0n) is 11.3. The number of aryl methyl sites for hydroxylation is 1. The van der Waals surface area contributed by atoms with Crippen LogP contribution < -0.4 is 20.5 Å². The van der Waals surface area contributed by atoms with Crippen molar-refractivity contribution in [1.29, 1.82) is 0 Å². The number of carbonyl (C=O) groups excluding carboxylic acids is 1. The Bertz CT molecular complexity index is 731. The highest BCUT2D eigenvalue weighted by molar-refractivity contribution is 6.30. The number of amides is 1. The van der Waals surface area contributed by atoms with E-state index in [-0.39, 0.29) is 12.5 Å². The average Bonchev–Trinajstić information content (AvgIpc) is 2.44. The smallest absolute Gasteiger partial charge is 0.262 e. The number of halogens is 1. The van der Waals surface area contributed by atoms with Crippen LogP contribution in [0.15, 0.2) is 30.3 Å². The fourth-order valence-corrected chi connectivity index (χ4v) is 2.18. The van der Waals surface area contributed by atoms with E-state index in [4.69, 9.17) is 26.8 Å². The molecular weight excluding hydrogens is 292 g/mol. The summed E-state index contributed by atoms with van der Waals surface area (Å²) in [7, 11) is 0. The van der Waals surface area contributed by atoms with Gasteiger partial charge in [0, 0.05) is 17.2 Å². The van der Waals surface area contributed by atoms with E-state index in [1.165, 1.54) is 0 Å². The van der Waals surface area contributed by atoms with Crippen LogP contribution in [0.4, 0.5) is 11.4 Å². The Hall–Kier alpha value is -2.40. The minimum atomic E-state index is -0.211. The molecule has 5 nitrogen and oxygen atoms in total. The third-order valence-electron chi connectivity index (χ3n) is 3.11. The molecule has 1 aliphatic heterocycles. The second-order valence-electron chi connectivity index (χ2n) is 4.73. The van der Waals surface area contributed by atoms with Gasteiger partial charge in [-0.2, -0.15) is 0 Å². The minimum absolute atomic E-state index is 0.0138. The monoisotopic (exact) mass is 304 g/mol. The fourth-order valence-electron chi connectivity index (χ4n) is 2.01. The topological polar surface area (TPSA) is 73.6 Å². The first kappa shape index (κ1) is 13.6. The van der Waals surface area contributed by atoms with Gasteiger partial charge in [0.25, 0.3) is 5.91 Å². The van der Waals surface area contributed by atoms with Gasteiger partial charge >= 0.3 is 0 Å². The van der Waals surface area contributed by atoms with Crippen molar-refractivity contribution in [3.05, 3.63) is 40.9 Å². The summed E-state index contributed by atoms with van der Waals surface area (Å²) in [5, 5.41) is 3.29. The van der Waals surface area contributed by atoms with Crippen LogP contribution in [0.1, 0.15) is 5.56 Å². The van der Waals surface area contributed by atoms with Gasteiger partial charge in [0.05, 0.1) is 11.4 Å². The summed E-state index contributed by atoms with van der Waals surface area (Å²) in [4.78, 5) is 11.4. The summed E-state index contributed by atoms with van der Waals surface area (Å²) >= 11 is 5.97. The van der Waals surface area contributed by atoms with Crippen LogP contribution >= 0.6 is 11.6 Å². The minimum Gasteiger partial charge on any atom is -0.481 e. The normalized spacial score (nSPS) is 13.1. The van der Waals surface area contributed by atoms with E-state index in [0.717, 1.165) is 5.56 Å². The molecule has 0 atom stereocenters. The molecule has 0 radical (unpaired) electrons. The summed E-state index contributed by atoms with van der Waals surface area (Å²) in [6, 6.07) is 8.63.